The summed E-state index contributed by atoms with van der Waals surface area (Å²) in [5, 5.41) is 108. The van der Waals surface area contributed by atoms with Crippen molar-refractivity contribution in [3.8, 4) is 11.5 Å². The van der Waals surface area contributed by atoms with E-state index in [1.165, 1.54) is 26.8 Å². The molecule has 66 heavy (non-hydrogen) atoms. The minimum absolute atomic E-state index is 0.0266. The van der Waals surface area contributed by atoms with Crippen LogP contribution in [0.3, 0.4) is 0 Å². The predicted molar refractivity (Wildman–Crippen MR) is 228 cm³/mol. The third-order valence-electron chi connectivity index (χ3n) is 11.7. The maximum Gasteiger partial charge on any atom is 0.266 e. The number of fused-ring (bicyclic) bond motifs is 2. The van der Waals surface area contributed by atoms with Crippen molar-refractivity contribution in [1.82, 2.24) is 36.4 Å². The summed E-state index contributed by atoms with van der Waals surface area (Å²) < 4.78 is 32.9. The van der Waals surface area contributed by atoms with Crippen LogP contribution in [0.25, 0.3) is 0 Å². The summed E-state index contributed by atoms with van der Waals surface area (Å²) in [6.45, 7) is 1.51. The number of aliphatic hydroxyl groups excluding tert-OH is 8. The van der Waals surface area contributed by atoms with Crippen molar-refractivity contribution in [2.24, 2.45) is 11.8 Å². The highest BCUT2D eigenvalue weighted by Gasteiger charge is 2.49. The zero-order valence-electron chi connectivity index (χ0n) is 36.4. The van der Waals surface area contributed by atoms with E-state index < -0.39 is 182 Å². The molecule has 0 aromatic heterocycles. The Bertz CT molecular complexity index is 1870. The van der Waals surface area contributed by atoms with Crippen molar-refractivity contribution < 1.29 is 92.6 Å². The van der Waals surface area contributed by atoms with Crippen molar-refractivity contribution >= 4 is 46.6 Å². The lowest BCUT2D eigenvalue weighted by Gasteiger charge is -2.34. The molecule has 4 rings (SSSR count). The van der Waals surface area contributed by atoms with Gasteiger partial charge in [0.05, 0.1) is 55.9 Å². The number of hydrogen-bond acceptors (Lipinski definition) is 20. The second kappa shape index (κ2) is 23.5. The fourth-order valence-corrected chi connectivity index (χ4v) is 8.37. The van der Waals surface area contributed by atoms with Crippen LogP contribution in [0.5, 0.6) is 11.5 Å². The van der Waals surface area contributed by atoms with Gasteiger partial charge in [-0.1, -0.05) is 19.9 Å². The number of nitrogens with one attached hydrogen (secondary N) is 5. The number of rotatable bonds is 13. The highest BCUT2D eigenvalue weighted by Crippen LogP contribution is 2.40. The van der Waals surface area contributed by atoms with Gasteiger partial charge in [-0.15, -0.1) is 0 Å². The van der Waals surface area contributed by atoms with Gasteiger partial charge in [-0.2, -0.15) is 0 Å². The van der Waals surface area contributed by atoms with Gasteiger partial charge in [-0.05, 0) is 44.0 Å². The molecule has 27 heteroatoms. The fourth-order valence-electron chi connectivity index (χ4n) is 7.99. The lowest BCUT2D eigenvalue weighted by molar-refractivity contribution is -0.147. The smallest absolute Gasteiger partial charge is 0.266 e. The molecule has 1 aromatic carbocycles. The average molecular weight is 966 g/mol. The Kier molecular flexibility index (Phi) is 19.3. The average Bonchev–Trinajstić information content (AvgIpc) is 3.79. The normalized spacial score (nSPS) is 30.6. The maximum atomic E-state index is 14.6. The lowest BCUT2D eigenvalue weighted by atomic mass is 9.98. The lowest BCUT2D eigenvalue weighted by Crippen LogP contribution is -2.64. The molecule has 13 atom stereocenters. The first kappa shape index (κ1) is 54.1. The van der Waals surface area contributed by atoms with E-state index in [1.54, 1.807) is 0 Å². The van der Waals surface area contributed by atoms with E-state index in [-0.39, 0.29) is 31.5 Å². The minimum Gasteiger partial charge on any atom is -0.504 e. The van der Waals surface area contributed by atoms with Crippen molar-refractivity contribution in [3.05, 3.63) is 23.8 Å². The molecule has 0 aliphatic carbocycles. The van der Waals surface area contributed by atoms with Crippen LogP contribution < -0.4 is 30.8 Å². The molecule has 17 N–H and O–H groups in total. The monoisotopic (exact) mass is 965 g/mol. The second-order valence-corrected chi connectivity index (χ2v) is 18.1. The Morgan fingerprint density at radius 2 is 1.41 bits per heavy atom. The number of aliphatic hydroxyl groups is 8. The third-order valence-corrected chi connectivity index (χ3v) is 12.1. The van der Waals surface area contributed by atoms with Gasteiger partial charge in [0, 0.05) is 44.3 Å². The molecule has 0 unspecified atom stereocenters. The Morgan fingerprint density at radius 3 is 2.03 bits per heavy atom. The van der Waals surface area contributed by atoms with Crippen LogP contribution in [0.4, 0.5) is 0 Å². The molecule has 3 aliphatic rings. The molecule has 26 nitrogen and oxygen atoms in total. The third kappa shape index (κ3) is 14.0. The highest BCUT2D eigenvalue weighted by atomic mass is 32.3. The SMILES string of the molecule is C[C@H]1C[C@@H](O)CNC(=O)[C@@H]2[C@@H](O)[C@@H](C)CN2C(=O)[C@H]([C@H](O)CCNC(CO)CO)NC(=O)[C@H]([C@H](O)Cc2ccc(O)c(OS(O)(O)O)c2)NC(=O)[C@@H]2C[C@@H](O)CN2C(=O)[C@H]([C@@H](C)O)NC1=O. The first-order valence-corrected chi connectivity index (χ1v) is 22.6. The molecule has 3 fully saturated rings. The molecule has 3 aliphatic heterocycles. The van der Waals surface area contributed by atoms with E-state index in [1.807, 2.05) is 0 Å². The van der Waals surface area contributed by atoms with Gasteiger partial charge in [0.2, 0.25) is 35.4 Å². The molecule has 3 heterocycles. The van der Waals surface area contributed by atoms with Crippen LogP contribution in [0.2, 0.25) is 0 Å². The molecule has 0 bridgehead atoms. The number of carbonyl (C=O) groups excluding carboxylic acids is 6. The number of nitrogens with zero attached hydrogens (tertiary/aromatic N) is 2. The van der Waals surface area contributed by atoms with Gasteiger partial charge < -0.3 is 86.5 Å². The molecule has 374 valence electrons. The topological polar surface area (TPSA) is 421 Å². The van der Waals surface area contributed by atoms with E-state index in [9.17, 15) is 88.4 Å². The largest absolute Gasteiger partial charge is 0.504 e. The molecule has 0 saturated carbocycles. The van der Waals surface area contributed by atoms with Gasteiger partial charge >= 0.3 is 0 Å². The summed E-state index contributed by atoms with van der Waals surface area (Å²) in [5.41, 5.74) is -0.0266. The van der Waals surface area contributed by atoms with E-state index in [4.69, 9.17) is 0 Å². The Labute approximate surface area is 380 Å². The van der Waals surface area contributed by atoms with Gasteiger partial charge in [-0.25, -0.2) is 0 Å². The van der Waals surface area contributed by atoms with Crippen molar-refractivity contribution in [1.29, 1.82) is 0 Å². The number of amides is 6. The number of hydrogen-bond donors (Lipinski definition) is 17. The molecule has 0 spiro atoms. The number of phenols is 1. The number of phenolic OH excluding ortho intramolecular Hbond substituents is 1. The van der Waals surface area contributed by atoms with E-state index in [2.05, 4.69) is 30.8 Å². The first-order chi connectivity index (χ1) is 30.9. The minimum atomic E-state index is -4.69. The quantitative estimate of drug-likeness (QED) is 0.0875. The van der Waals surface area contributed by atoms with Gasteiger partial charge in [0.15, 0.2) is 11.5 Å². The van der Waals surface area contributed by atoms with Crippen LogP contribution in [0.1, 0.15) is 45.6 Å². The summed E-state index contributed by atoms with van der Waals surface area (Å²) in [4.78, 5) is 86.1. The number of β-amino-alcohol motifs (C(OH)–C–C–N with tert-alkyl or cyclic N) is 1. The first-order valence-electron chi connectivity index (χ1n) is 21.2. The van der Waals surface area contributed by atoms with Gasteiger partial charge in [-0.3, -0.25) is 42.4 Å². The molecule has 3 saturated heterocycles. The summed E-state index contributed by atoms with van der Waals surface area (Å²) in [6, 6.07) is -6.97. The number of aromatic hydroxyl groups is 1. The Morgan fingerprint density at radius 1 is 0.788 bits per heavy atom. The van der Waals surface area contributed by atoms with Crippen LogP contribution in [-0.2, 0) is 35.2 Å². The summed E-state index contributed by atoms with van der Waals surface area (Å²) in [5.74, 6) is -9.76. The summed E-state index contributed by atoms with van der Waals surface area (Å²) in [6.07, 6.45) is -11.6. The molecule has 1 aromatic rings. The Hall–Kier alpha value is -4.49. The van der Waals surface area contributed by atoms with Crippen molar-refractivity contribution in [2.45, 2.75) is 119 Å². The predicted octanol–water partition coefficient (Wildman–Crippen LogP) is -5.97. The van der Waals surface area contributed by atoms with E-state index >= 15 is 0 Å². The molecule has 6 amide bonds. The van der Waals surface area contributed by atoms with Crippen LogP contribution in [0.15, 0.2) is 18.2 Å². The number of benzene rings is 1. The Balaban J connectivity index is 1.83. The molecular formula is C39H63N7O19S. The van der Waals surface area contributed by atoms with E-state index in [0.29, 0.717) is 0 Å². The van der Waals surface area contributed by atoms with Crippen molar-refractivity contribution in [3.63, 3.8) is 0 Å². The second-order valence-electron chi connectivity index (χ2n) is 17.0. The van der Waals surface area contributed by atoms with Crippen LogP contribution in [-0.4, -0.2) is 217 Å². The van der Waals surface area contributed by atoms with Gasteiger partial charge in [0.25, 0.3) is 11.2 Å². The summed E-state index contributed by atoms with van der Waals surface area (Å²) in [7, 11) is 0. The fraction of sp³-hybridized carbons (Fsp3) is 0.692. The molecular weight excluding hydrogens is 903 g/mol. The van der Waals surface area contributed by atoms with Gasteiger partial charge in [0.1, 0.15) is 30.2 Å². The van der Waals surface area contributed by atoms with Crippen LogP contribution in [0, 0.1) is 11.8 Å². The van der Waals surface area contributed by atoms with Crippen molar-refractivity contribution in [2.75, 3.05) is 39.4 Å². The molecule has 0 radical (unpaired) electrons. The zero-order valence-corrected chi connectivity index (χ0v) is 37.2. The maximum absolute atomic E-state index is 14.6. The standard InChI is InChI=1S/C39H63N7O19S/c1-17-8-22(50)12-41-37(59)32-33(55)18(2)13-46(32)39(61)31(26(53)6-7-40-21(15-47)16-48)44-36(58)30(27(54)9-20-4-5-25(52)28(10-20)65-66(62,63)64)43-35(57)24-11-23(51)14-45(24)38(60)29(19(3)49)42-34(17)56/h4-5,10,17-19,21-24,26-27,29-33,40,47-55,62-64H,6-9,11-16H2,1-3H3,(H,41,59)(H,42,56)(H,43,57)(H,44,58)/t17-,18-,19+,22+,23+,24-,26+,27+,29-,30-,31-,32-,33-/m0/s1. The number of carbonyl (C=O) groups is 6. The highest BCUT2D eigenvalue weighted by molar-refractivity contribution is 8.15. The van der Waals surface area contributed by atoms with E-state index in [0.717, 1.165) is 21.9 Å². The zero-order chi connectivity index (χ0) is 49.4. The van der Waals surface area contributed by atoms with Crippen LogP contribution >= 0.6 is 11.2 Å². The summed E-state index contributed by atoms with van der Waals surface area (Å²) >= 11 is -4.69.